The molecular formula is C16H25N3O2S2. The molecule has 3 amide bonds. The van der Waals surface area contributed by atoms with Gasteiger partial charge < -0.3 is 15.1 Å². The van der Waals surface area contributed by atoms with Crippen molar-refractivity contribution in [3.63, 3.8) is 0 Å². The van der Waals surface area contributed by atoms with Crippen LogP contribution in [0.15, 0.2) is 17.5 Å². The van der Waals surface area contributed by atoms with Gasteiger partial charge in [-0.15, -0.1) is 23.1 Å². The zero-order chi connectivity index (χ0) is 17.2. The van der Waals surface area contributed by atoms with Crippen molar-refractivity contribution in [2.24, 2.45) is 0 Å². The third-order valence-electron chi connectivity index (χ3n) is 3.54. The van der Waals surface area contributed by atoms with Crippen LogP contribution in [0.1, 0.15) is 37.9 Å². The number of thiophene rings is 1. The summed E-state index contributed by atoms with van der Waals surface area (Å²) < 4.78 is 0. The summed E-state index contributed by atoms with van der Waals surface area (Å²) >= 11 is 3.35. The van der Waals surface area contributed by atoms with Gasteiger partial charge in [0.1, 0.15) is 5.37 Å². The largest absolute Gasteiger partial charge is 0.333 e. The molecule has 128 valence electrons. The molecule has 2 heterocycles. The molecule has 7 heteroatoms. The predicted octanol–water partition coefficient (Wildman–Crippen LogP) is 3.15. The normalized spacial score (nSPS) is 21.6. The van der Waals surface area contributed by atoms with E-state index in [0.717, 1.165) is 0 Å². The molecule has 1 aliphatic heterocycles. The number of nitrogens with zero attached hydrogens (tertiary/aromatic N) is 2. The Labute approximate surface area is 146 Å². The van der Waals surface area contributed by atoms with Crippen LogP contribution in [0, 0.1) is 0 Å². The van der Waals surface area contributed by atoms with E-state index in [1.54, 1.807) is 35.0 Å². The van der Waals surface area contributed by atoms with Gasteiger partial charge in [0, 0.05) is 30.6 Å². The molecular weight excluding hydrogens is 330 g/mol. The molecule has 0 aliphatic carbocycles. The van der Waals surface area contributed by atoms with E-state index in [9.17, 15) is 9.59 Å². The molecule has 5 nitrogen and oxygen atoms in total. The highest BCUT2D eigenvalue weighted by Gasteiger charge is 2.38. The average Bonchev–Trinajstić information content (AvgIpc) is 3.05. The molecule has 0 spiro atoms. The number of likely N-dealkylation sites (N-methyl/N-ethyl adjacent to an activating group) is 1. The molecule has 1 aliphatic rings. The first kappa shape index (κ1) is 18.1. The summed E-state index contributed by atoms with van der Waals surface area (Å²) in [6.45, 7) is 8.87. The number of hydrogen-bond donors (Lipinski definition) is 1. The van der Waals surface area contributed by atoms with Crippen LogP contribution in [0.5, 0.6) is 0 Å². The topological polar surface area (TPSA) is 52.6 Å². The Bertz CT molecular complexity index is 554. The fraction of sp³-hybridized carbons (Fsp3) is 0.625. The van der Waals surface area contributed by atoms with Gasteiger partial charge in [-0.1, -0.05) is 6.07 Å². The van der Waals surface area contributed by atoms with Crippen LogP contribution in [0.2, 0.25) is 0 Å². The quantitative estimate of drug-likeness (QED) is 0.903. The first-order valence-corrected chi connectivity index (χ1v) is 9.54. The fourth-order valence-corrected chi connectivity index (χ4v) is 4.59. The van der Waals surface area contributed by atoms with E-state index in [4.69, 9.17) is 0 Å². The zero-order valence-corrected chi connectivity index (χ0v) is 16.0. The van der Waals surface area contributed by atoms with Gasteiger partial charge in [0.05, 0.1) is 5.25 Å². The van der Waals surface area contributed by atoms with E-state index in [2.05, 4.69) is 11.4 Å². The molecule has 23 heavy (non-hydrogen) atoms. The van der Waals surface area contributed by atoms with Gasteiger partial charge in [-0.25, -0.2) is 4.79 Å². The van der Waals surface area contributed by atoms with Crippen molar-refractivity contribution in [3.8, 4) is 0 Å². The first-order chi connectivity index (χ1) is 10.7. The van der Waals surface area contributed by atoms with E-state index >= 15 is 0 Å². The van der Waals surface area contributed by atoms with E-state index < -0.39 is 0 Å². The molecule has 2 rings (SSSR count). The SMILES string of the molecule is C[C@H]1S[C@@H](c2cccs2)N(CCN(C)C(=O)NC(C)(C)C)C1=O. The van der Waals surface area contributed by atoms with Crippen LogP contribution >= 0.6 is 23.1 Å². The second kappa shape index (κ2) is 7.13. The molecule has 1 aromatic heterocycles. The Hall–Kier alpha value is -1.21. The van der Waals surface area contributed by atoms with Gasteiger partial charge >= 0.3 is 6.03 Å². The summed E-state index contributed by atoms with van der Waals surface area (Å²) in [5.74, 6) is 0.151. The lowest BCUT2D eigenvalue weighted by molar-refractivity contribution is -0.129. The number of hydrogen-bond acceptors (Lipinski definition) is 4. The summed E-state index contributed by atoms with van der Waals surface area (Å²) in [5, 5.41) is 5.00. The molecule has 0 bridgehead atoms. The van der Waals surface area contributed by atoms with Crippen LogP contribution < -0.4 is 5.32 Å². The summed E-state index contributed by atoms with van der Waals surface area (Å²) in [6.07, 6.45) is 0. The number of rotatable bonds is 4. The van der Waals surface area contributed by atoms with Crippen LogP contribution in [0.3, 0.4) is 0 Å². The van der Waals surface area contributed by atoms with Crippen molar-refractivity contribution in [2.75, 3.05) is 20.1 Å². The number of thioether (sulfide) groups is 1. The summed E-state index contributed by atoms with van der Waals surface area (Å²) in [4.78, 5) is 29.3. The maximum absolute atomic E-state index is 12.4. The molecule has 1 fully saturated rings. The number of urea groups is 1. The molecule has 0 saturated carbocycles. The third-order valence-corrected chi connectivity index (χ3v) is 5.99. The molecule has 1 N–H and O–H groups in total. The van der Waals surface area contributed by atoms with Gasteiger partial charge in [-0.3, -0.25) is 4.79 Å². The van der Waals surface area contributed by atoms with Crippen molar-refractivity contribution in [1.82, 2.24) is 15.1 Å². The van der Waals surface area contributed by atoms with E-state index in [-0.39, 0.29) is 28.1 Å². The van der Waals surface area contributed by atoms with Crippen molar-refractivity contribution >= 4 is 35.0 Å². The number of carbonyl (C=O) groups is 2. The van der Waals surface area contributed by atoms with Crippen LogP contribution in [-0.4, -0.2) is 52.7 Å². The Morgan fingerprint density at radius 3 is 2.70 bits per heavy atom. The highest BCUT2D eigenvalue weighted by molar-refractivity contribution is 8.01. The molecule has 1 saturated heterocycles. The molecule has 0 radical (unpaired) electrons. The maximum Gasteiger partial charge on any atom is 0.317 e. The summed E-state index contributed by atoms with van der Waals surface area (Å²) in [6, 6.07) is 3.96. The summed E-state index contributed by atoms with van der Waals surface area (Å²) in [5.41, 5.74) is -0.265. The fourth-order valence-electron chi connectivity index (χ4n) is 2.33. The second-order valence-electron chi connectivity index (χ2n) is 6.78. The number of amides is 3. The minimum atomic E-state index is -0.265. The van der Waals surface area contributed by atoms with Gasteiger partial charge in [0.2, 0.25) is 5.91 Å². The van der Waals surface area contributed by atoms with Crippen molar-refractivity contribution in [1.29, 1.82) is 0 Å². The number of carbonyl (C=O) groups excluding carboxylic acids is 2. The standard InChI is InChI=1S/C16H25N3O2S2/c1-11-13(20)19(14(23-11)12-7-6-10-22-12)9-8-18(5)15(21)17-16(2,3)4/h6-7,10-11,14H,8-9H2,1-5H3,(H,17,21)/t11-,14+/m1/s1. The third kappa shape index (κ3) is 4.64. The van der Waals surface area contributed by atoms with Crippen molar-refractivity contribution in [3.05, 3.63) is 22.4 Å². The van der Waals surface area contributed by atoms with Gasteiger partial charge in [-0.05, 0) is 39.1 Å². The van der Waals surface area contributed by atoms with Crippen LogP contribution in [0.25, 0.3) is 0 Å². The van der Waals surface area contributed by atoms with Gasteiger partial charge in [0.15, 0.2) is 0 Å². The van der Waals surface area contributed by atoms with E-state index in [1.807, 2.05) is 44.0 Å². The minimum Gasteiger partial charge on any atom is -0.333 e. The highest BCUT2D eigenvalue weighted by Crippen LogP contribution is 2.44. The zero-order valence-electron chi connectivity index (χ0n) is 14.3. The summed E-state index contributed by atoms with van der Waals surface area (Å²) in [7, 11) is 1.76. The van der Waals surface area contributed by atoms with E-state index in [1.165, 1.54) is 4.88 Å². The van der Waals surface area contributed by atoms with Crippen LogP contribution in [0.4, 0.5) is 4.79 Å². The average molecular weight is 356 g/mol. The smallest absolute Gasteiger partial charge is 0.317 e. The minimum absolute atomic E-state index is 0.0317. The van der Waals surface area contributed by atoms with Gasteiger partial charge in [-0.2, -0.15) is 0 Å². The van der Waals surface area contributed by atoms with Crippen molar-refractivity contribution in [2.45, 2.75) is 43.9 Å². The molecule has 0 aromatic carbocycles. The molecule has 1 aromatic rings. The lowest BCUT2D eigenvalue weighted by Gasteiger charge is -2.28. The Balaban J connectivity index is 1.97. The van der Waals surface area contributed by atoms with E-state index in [0.29, 0.717) is 13.1 Å². The Kier molecular flexibility index (Phi) is 5.62. The molecule has 0 unspecified atom stereocenters. The van der Waals surface area contributed by atoms with Crippen molar-refractivity contribution < 1.29 is 9.59 Å². The maximum atomic E-state index is 12.4. The lowest BCUT2D eigenvalue weighted by atomic mass is 10.1. The number of nitrogens with one attached hydrogen (secondary N) is 1. The molecule has 2 atom stereocenters. The Morgan fingerprint density at radius 1 is 1.43 bits per heavy atom. The second-order valence-corrected chi connectivity index (χ2v) is 9.18. The monoisotopic (exact) mass is 355 g/mol. The first-order valence-electron chi connectivity index (χ1n) is 7.71. The lowest BCUT2D eigenvalue weighted by Crippen LogP contribution is -2.49. The highest BCUT2D eigenvalue weighted by atomic mass is 32.2. The van der Waals surface area contributed by atoms with Gasteiger partial charge in [0.25, 0.3) is 0 Å². The van der Waals surface area contributed by atoms with Crippen LogP contribution in [-0.2, 0) is 4.79 Å². The Morgan fingerprint density at radius 2 is 2.13 bits per heavy atom. The predicted molar refractivity (Wildman–Crippen MR) is 96.7 cm³/mol.